The van der Waals surface area contributed by atoms with Gasteiger partial charge in [-0.05, 0) is 38.3 Å². The zero-order chi connectivity index (χ0) is 31.8. The summed E-state index contributed by atoms with van der Waals surface area (Å²) in [6.07, 6.45) is 7.81. The van der Waals surface area contributed by atoms with Crippen LogP contribution in [-0.2, 0) is 27.3 Å². The highest BCUT2D eigenvalue weighted by Crippen LogP contribution is 2.17. The quantitative estimate of drug-likeness (QED) is 0.184. The summed E-state index contributed by atoms with van der Waals surface area (Å²) in [6.45, 7) is 6.29. The van der Waals surface area contributed by atoms with E-state index in [2.05, 4.69) is 5.32 Å². The van der Waals surface area contributed by atoms with Crippen LogP contribution in [0.1, 0.15) is 61.6 Å². The molecule has 1 amide bonds. The van der Waals surface area contributed by atoms with Gasteiger partial charge in [0.25, 0.3) is 11.5 Å². The van der Waals surface area contributed by atoms with Crippen molar-refractivity contribution in [3.8, 4) is 5.75 Å². The number of methoxy groups -OCH3 is 1. The SMILES string of the molecule is C/C=C(C(=O)O)\C(=C/CC)C(=O)OCC(C)n1ccn2cc(C(=O)NCc3ccc(CC)cc3F)c(=O)c(OC)c2c1=O. The lowest BCUT2D eigenvalue weighted by molar-refractivity contribution is -0.141. The van der Waals surface area contributed by atoms with E-state index in [-0.39, 0.29) is 46.7 Å². The largest absolute Gasteiger partial charge is 0.491 e. The fourth-order valence-corrected chi connectivity index (χ4v) is 4.45. The molecule has 0 saturated carbocycles. The number of nitrogens with zero attached hydrogens (tertiary/aromatic N) is 2. The van der Waals surface area contributed by atoms with Crippen molar-refractivity contribution in [2.75, 3.05) is 13.7 Å². The van der Waals surface area contributed by atoms with Gasteiger partial charge in [-0.15, -0.1) is 0 Å². The molecule has 0 fully saturated rings. The van der Waals surface area contributed by atoms with Crippen molar-refractivity contribution in [2.24, 2.45) is 0 Å². The summed E-state index contributed by atoms with van der Waals surface area (Å²) in [5.74, 6) is -3.76. The third-order valence-electron chi connectivity index (χ3n) is 6.80. The molecule has 0 bridgehead atoms. The second-order valence-electron chi connectivity index (χ2n) is 9.61. The number of aliphatic carboxylic acids is 1. The van der Waals surface area contributed by atoms with Crippen molar-refractivity contribution in [3.05, 3.63) is 103 Å². The van der Waals surface area contributed by atoms with E-state index >= 15 is 0 Å². The molecule has 0 radical (unpaired) electrons. The number of ether oxygens (including phenoxy) is 2. The number of carboxylic acid groups (broad SMARTS) is 1. The monoisotopic (exact) mass is 595 g/mol. The van der Waals surface area contributed by atoms with Crippen LogP contribution in [0.5, 0.6) is 5.75 Å². The Labute approximate surface area is 246 Å². The summed E-state index contributed by atoms with van der Waals surface area (Å²) in [5, 5.41) is 11.9. The first-order valence-electron chi connectivity index (χ1n) is 13.7. The maximum Gasteiger partial charge on any atom is 0.338 e. The Hall–Kier alpha value is -5.00. The fraction of sp³-hybridized carbons (Fsp3) is 0.323. The number of aromatic nitrogens is 2. The third kappa shape index (κ3) is 7.08. The molecule has 0 saturated heterocycles. The van der Waals surface area contributed by atoms with Gasteiger partial charge < -0.3 is 28.9 Å². The van der Waals surface area contributed by atoms with E-state index in [1.54, 1.807) is 26.0 Å². The number of fused-ring (bicyclic) bond motifs is 1. The predicted octanol–water partition coefficient (Wildman–Crippen LogP) is 3.57. The number of benzene rings is 1. The van der Waals surface area contributed by atoms with Gasteiger partial charge in [0.2, 0.25) is 5.43 Å². The first-order chi connectivity index (χ1) is 20.5. The van der Waals surface area contributed by atoms with E-state index in [1.807, 2.05) is 6.92 Å². The van der Waals surface area contributed by atoms with Gasteiger partial charge in [-0.1, -0.05) is 38.1 Å². The summed E-state index contributed by atoms with van der Waals surface area (Å²) in [5.41, 5.74) is -1.21. The van der Waals surface area contributed by atoms with Crippen molar-refractivity contribution in [1.29, 1.82) is 0 Å². The maximum absolute atomic E-state index is 14.4. The van der Waals surface area contributed by atoms with E-state index in [1.165, 1.54) is 59.8 Å². The normalized spacial score (nSPS) is 12.6. The van der Waals surface area contributed by atoms with E-state index in [4.69, 9.17) is 9.47 Å². The van der Waals surface area contributed by atoms with Gasteiger partial charge >= 0.3 is 11.9 Å². The smallest absolute Gasteiger partial charge is 0.338 e. The zero-order valence-electron chi connectivity index (χ0n) is 24.6. The number of esters is 1. The van der Waals surface area contributed by atoms with Crippen molar-refractivity contribution in [3.63, 3.8) is 0 Å². The van der Waals surface area contributed by atoms with Crippen LogP contribution in [0, 0.1) is 5.82 Å². The number of carboxylic acids is 1. The third-order valence-corrected chi connectivity index (χ3v) is 6.80. The minimum atomic E-state index is -1.28. The number of allylic oxidation sites excluding steroid dienone is 2. The molecule has 11 nitrogen and oxygen atoms in total. The molecule has 1 unspecified atom stereocenters. The Bertz CT molecular complexity index is 1740. The number of amides is 1. The van der Waals surface area contributed by atoms with Gasteiger partial charge in [-0.3, -0.25) is 14.4 Å². The average molecular weight is 596 g/mol. The molecule has 0 aliphatic rings. The second kappa shape index (κ2) is 14.3. The number of pyridine rings is 1. The highest BCUT2D eigenvalue weighted by Gasteiger charge is 2.24. The minimum absolute atomic E-state index is 0.102. The number of carbonyl (C=O) groups excluding carboxylic acids is 2. The van der Waals surface area contributed by atoms with Gasteiger partial charge in [0.05, 0.1) is 24.3 Å². The molecule has 3 aromatic rings. The topological polar surface area (TPSA) is 145 Å². The van der Waals surface area contributed by atoms with Crippen LogP contribution in [0.15, 0.2) is 69.7 Å². The maximum atomic E-state index is 14.4. The van der Waals surface area contributed by atoms with Crippen molar-refractivity contribution in [1.82, 2.24) is 14.3 Å². The van der Waals surface area contributed by atoms with Crippen LogP contribution in [0.25, 0.3) is 5.52 Å². The van der Waals surface area contributed by atoms with E-state index in [0.29, 0.717) is 12.8 Å². The number of hydrogen-bond acceptors (Lipinski definition) is 7. The molecule has 12 heteroatoms. The van der Waals surface area contributed by atoms with E-state index in [9.17, 15) is 33.5 Å². The summed E-state index contributed by atoms with van der Waals surface area (Å²) in [7, 11) is 1.19. The summed E-state index contributed by atoms with van der Waals surface area (Å²) >= 11 is 0. The van der Waals surface area contributed by atoms with Crippen LogP contribution >= 0.6 is 0 Å². The molecule has 2 heterocycles. The molecule has 228 valence electrons. The minimum Gasteiger partial charge on any atom is -0.491 e. The Morgan fingerprint density at radius 2 is 1.86 bits per heavy atom. The molecule has 43 heavy (non-hydrogen) atoms. The lowest BCUT2D eigenvalue weighted by Gasteiger charge is -2.18. The molecule has 3 rings (SSSR count). The van der Waals surface area contributed by atoms with Gasteiger partial charge in [0, 0.05) is 30.7 Å². The lowest BCUT2D eigenvalue weighted by atomic mass is 10.1. The molecule has 1 atom stereocenters. The number of nitrogens with one attached hydrogen (secondary N) is 1. The molecule has 0 aliphatic carbocycles. The number of halogens is 1. The number of aryl methyl sites for hydroxylation is 1. The second-order valence-corrected chi connectivity index (χ2v) is 9.61. The molecule has 2 N–H and O–H groups in total. The summed E-state index contributed by atoms with van der Waals surface area (Å²) in [6, 6.07) is 3.98. The Morgan fingerprint density at radius 3 is 2.44 bits per heavy atom. The predicted molar refractivity (Wildman–Crippen MR) is 157 cm³/mol. The van der Waals surface area contributed by atoms with Gasteiger partial charge in [0.1, 0.15) is 18.0 Å². The standard InChI is InChI=1S/C31H34FN3O8/c1-6-9-22(21(8-3)30(39)40)31(41)43-17-18(4)35-13-12-34-16-23(26(36)27(42-5)25(34)29(35)38)28(37)33-15-20-11-10-19(7-2)14-24(20)32/h8-14,16,18H,6-7,15,17H2,1-5H3,(H,33,37)(H,39,40)/b21-8+,22-9+. The van der Waals surface area contributed by atoms with Gasteiger partial charge in [-0.25, -0.2) is 14.0 Å². The molecule has 0 spiro atoms. The van der Waals surface area contributed by atoms with Crippen LogP contribution < -0.4 is 21.0 Å². The molecular formula is C31H34FN3O8. The van der Waals surface area contributed by atoms with Crippen molar-refractivity contribution >= 4 is 23.4 Å². The fourth-order valence-electron chi connectivity index (χ4n) is 4.45. The van der Waals surface area contributed by atoms with Crippen LogP contribution in [-0.4, -0.2) is 45.6 Å². The lowest BCUT2D eigenvalue weighted by Crippen LogP contribution is -2.33. The number of carbonyl (C=O) groups is 3. The molecule has 0 aliphatic heterocycles. The van der Waals surface area contributed by atoms with Crippen molar-refractivity contribution < 1.29 is 33.4 Å². The number of hydrogen-bond donors (Lipinski definition) is 2. The summed E-state index contributed by atoms with van der Waals surface area (Å²) < 4.78 is 27.5. The van der Waals surface area contributed by atoms with Crippen LogP contribution in [0.2, 0.25) is 0 Å². The number of rotatable bonds is 12. The van der Waals surface area contributed by atoms with E-state index in [0.717, 1.165) is 5.56 Å². The molecule has 2 aromatic heterocycles. The Balaban J connectivity index is 1.88. The Kier molecular flexibility index (Phi) is 10.8. The summed E-state index contributed by atoms with van der Waals surface area (Å²) in [4.78, 5) is 63.8. The first-order valence-corrected chi connectivity index (χ1v) is 13.7. The van der Waals surface area contributed by atoms with Crippen LogP contribution in [0.4, 0.5) is 4.39 Å². The van der Waals surface area contributed by atoms with Crippen molar-refractivity contribution in [2.45, 2.75) is 53.1 Å². The van der Waals surface area contributed by atoms with Gasteiger partial charge in [0.15, 0.2) is 11.3 Å². The van der Waals surface area contributed by atoms with Crippen LogP contribution in [0.3, 0.4) is 0 Å². The zero-order valence-corrected chi connectivity index (χ0v) is 24.6. The highest BCUT2D eigenvalue weighted by molar-refractivity contribution is 6.06. The molecule has 1 aromatic carbocycles. The average Bonchev–Trinajstić information content (AvgIpc) is 2.98. The van der Waals surface area contributed by atoms with Gasteiger partial charge in [-0.2, -0.15) is 0 Å². The molecular weight excluding hydrogens is 561 g/mol. The Morgan fingerprint density at radius 1 is 1.14 bits per heavy atom. The van der Waals surface area contributed by atoms with E-state index < -0.39 is 40.7 Å². The first kappa shape index (κ1) is 32.5. The highest BCUT2D eigenvalue weighted by atomic mass is 19.1.